The lowest BCUT2D eigenvalue weighted by molar-refractivity contribution is -0.138. The minimum Gasteiger partial charge on any atom is -0.321 e. The topological polar surface area (TPSA) is 94.8 Å². The van der Waals surface area contributed by atoms with Gasteiger partial charge in [0.1, 0.15) is 0 Å². The Hall–Kier alpha value is -4.87. The van der Waals surface area contributed by atoms with Gasteiger partial charge in [-0.3, -0.25) is 14.4 Å². The fourth-order valence-corrected chi connectivity index (χ4v) is 3.69. The highest BCUT2D eigenvalue weighted by molar-refractivity contribution is 6.04. The Morgan fingerprint density at radius 2 is 1.23 bits per heavy atom. The first-order valence-electron chi connectivity index (χ1n) is 11.1. The summed E-state index contributed by atoms with van der Waals surface area (Å²) >= 11 is 0. The molecule has 3 aromatic carbocycles. The van der Waals surface area contributed by atoms with Crippen molar-refractivity contribution < 1.29 is 31.1 Å². The molecule has 0 aliphatic carbocycles. The van der Waals surface area contributed by atoms with Gasteiger partial charge in [-0.15, -0.1) is 0 Å². The number of halogens is 6. The number of para-hydroxylation sites is 1. The van der Waals surface area contributed by atoms with E-state index in [0.29, 0.717) is 0 Å². The molecule has 0 atom stereocenters. The van der Waals surface area contributed by atoms with Gasteiger partial charge in [0.15, 0.2) is 0 Å². The summed E-state index contributed by atoms with van der Waals surface area (Å²) in [6.45, 7) is 0. The van der Waals surface area contributed by atoms with Gasteiger partial charge in [0.05, 0.1) is 27.8 Å². The molecule has 0 bridgehead atoms. The van der Waals surface area contributed by atoms with E-state index in [1.807, 2.05) is 0 Å². The summed E-state index contributed by atoms with van der Waals surface area (Å²) in [6, 6.07) is 12.6. The minimum absolute atomic E-state index is 0.176. The quantitative estimate of drug-likeness (QED) is 0.127. The normalized spacial score (nSPS) is 12.1. The molecule has 0 aliphatic rings. The van der Waals surface area contributed by atoms with E-state index in [2.05, 4.69) is 15.3 Å². The van der Waals surface area contributed by atoms with Crippen LogP contribution in [0.2, 0.25) is 0 Å². The molecule has 0 unspecified atom stereocenters. The zero-order chi connectivity index (χ0) is 28.4. The molecule has 200 valence electrons. The number of carbonyl (C=O) groups excluding carboxylic acids is 1. The number of allylic oxidation sites excluding steroid dienone is 2. The lowest BCUT2D eigenvalue weighted by Gasteiger charge is -2.12. The summed E-state index contributed by atoms with van der Waals surface area (Å²) in [7, 11) is 0. The Balaban J connectivity index is 1.65. The molecule has 0 saturated carbocycles. The fourth-order valence-electron chi connectivity index (χ4n) is 3.69. The van der Waals surface area contributed by atoms with Crippen LogP contribution in [-0.2, 0) is 17.1 Å². The highest BCUT2D eigenvalue weighted by Gasteiger charge is 2.31. The molecule has 6 nitrogen and oxygen atoms in total. The first-order valence-corrected chi connectivity index (χ1v) is 11.1. The number of rotatable bonds is 5. The molecular weight excluding hydrogens is 528 g/mol. The number of H-pyrrole nitrogens is 2. The molecule has 1 heterocycles. The van der Waals surface area contributed by atoms with Gasteiger partial charge in [-0.05, 0) is 53.1 Å². The Kier molecular flexibility index (Phi) is 7.30. The molecule has 12 heteroatoms. The number of hydrogen-bond donors (Lipinski definition) is 3. The van der Waals surface area contributed by atoms with Crippen LogP contribution < -0.4 is 16.4 Å². The van der Waals surface area contributed by atoms with Crippen LogP contribution in [-0.4, -0.2) is 15.9 Å². The summed E-state index contributed by atoms with van der Waals surface area (Å²) in [5.41, 5.74) is -2.16. The summed E-state index contributed by atoms with van der Waals surface area (Å²) in [6.07, 6.45) is -5.43. The standard InChI is InChI=1S/C27H17F6N3O3/c28-26(29,30)17-11-7-15(8-12-17)19(16-9-13-18(14-10-16)27(31,32)33)3-1-6-22(37)34-20-4-2-5-21-23(20)36-25(39)24(38)35-21/h1-14H,(H,34,37)(H,35,38)(H,36,39). The highest BCUT2D eigenvalue weighted by Crippen LogP contribution is 2.33. The maximum atomic E-state index is 13.0. The first kappa shape index (κ1) is 27.2. The van der Waals surface area contributed by atoms with Crippen molar-refractivity contribution >= 4 is 28.2 Å². The number of carbonyl (C=O) groups is 1. The minimum atomic E-state index is -4.58. The Morgan fingerprint density at radius 1 is 0.718 bits per heavy atom. The molecule has 0 aliphatic heterocycles. The zero-order valence-corrected chi connectivity index (χ0v) is 19.6. The monoisotopic (exact) mass is 545 g/mol. The van der Waals surface area contributed by atoms with Crippen LogP contribution >= 0.6 is 0 Å². The van der Waals surface area contributed by atoms with E-state index in [9.17, 15) is 40.7 Å². The summed E-state index contributed by atoms with van der Waals surface area (Å²) in [4.78, 5) is 40.5. The molecule has 4 rings (SSSR count). The molecular formula is C27H17F6N3O3. The van der Waals surface area contributed by atoms with E-state index in [-0.39, 0.29) is 33.4 Å². The number of benzene rings is 3. The first-order chi connectivity index (χ1) is 18.3. The largest absolute Gasteiger partial charge is 0.416 e. The third kappa shape index (κ3) is 6.35. The number of fused-ring (bicyclic) bond motifs is 1. The average molecular weight is 545 g/mol. The van der Waals surface area contributed by atoms with Crippen LogP contribution in [0.25, 0.3) is 16.6 Å². The van der Waals surface area contributed by atoms with E-state index in [4.69, 9.17) is 0 Å². The summed E-state index contributed by atoms with van der Waals surface area (Å²) < 4.78 is 78.0. The van der Waals surface area contributed by atoms with Crippen molar-refractivity contribution in [2.45, 2.75) is 12.4 Å². The Labute approximate surface area is 215 Å². The molecule has 0 radical (unpaired) electrons. The second-order valence-corrected chi connectivity index (χ2v) is 8.22. The van der Waals surface area contributed by atoms with Gasteiger partial charge in [0.25, 0.3) is 0 Å². The van der Waals surface area contributed by atoms with E-state index in [1.54, 1.807) is 0 Å². The number of alkyl halides is 6. The van der Waals surface area contributed by atoms with E-state index < -0.39 is 40.5 Å². The maximum absolute atomic E-state index is 13.0. The third-order valence-corrected chi connectivity index (χ3v) is 5.57. The van der Waals surface area contributed by atoms with Gasteiger partial charge in [0, 0.05) is 6.08 Å². The van der Waals surface area contributed by atoms with Crippen LogP contribution in [0.1, 0.15) is 22.3 Å². The average Bonchev–Trinajstić information content (AvgIpc) is 2.87. The van der Waals surface area contributed by atoms with Crippen molar-refractivity contribution in [2.24, 2.45) is 0 Å². The second-order valence-electron chi connectivity index (χ2n) is 8.22. The molecule has 0 fully saturated rings. The maximum Gasteiger partial charge on any atom is 0.416 e. The van der Waals surface area contributed by atoms with Crippen LogP contribution in [0.5, 0.6) is 0 Å². The smallest absolute Gasteiger partial charge is 0.321 e. The lowest BCUT2D eigenvalue weighted by atomic mass is 9.95. The van der Waals surface area contributed by atoms with Gasteiger partial charge in [0.2, 0.25) is 5.91 Å². The number of hydrogen-bond acceptors (Lipinski definition) is 3. The van der Waals surface area contributed by atoms with Crippen molar-refractivity contribution in [1.82, 2.24) is 9.97 Å². The van der Waals surface area contributed by atoms with Gasteiger partial charge in [-0.2, -0.15) is 26.3 Å². The predicted molar refractivity (Wildman–Crippen MR) is 133 cm³/mol. The van der Waals surface area contributed by atoms with Crippen molar-refractivity contribution in [3.05, 3.63) is 128 Å². The van der Waals surface area contributed by atoms with Gasteiger partial charge in [-0.1, -0.05) is 42.5 Å². The van der Waals surface area contributed by atoms with Gasteiger partial charge >= 0.3 is 23.5 Å². The van der Waals surface area contributed by atoms with E-state index in [1.165, 1.54) is 54.6 Å². The molecule has 0 saturated heterocycles. The molecule has 0 spiro atoms. The van der Waals surface area contributed by atoms with E-state index in [0.717, 1.165) is 30.3 Å². The van der Waals surface area contributed by atoms with Crippen molar-refractivity contribution in [3.8, 4) is 0 Å². The number of nitrogens with one attached hydrogen (secondary N) is 3. The predicted octanol–water partition coefficient (Wildman–Crippen LogP) is 5.88. The Bertz CT molecular complexity index is 1640. The number of aromatic nitrogens is 2. The van der Waals surface area contributed by atoms with Crippen molar-refractivity contribution in [3.63, 3.8) is 0 Å². The summed E-state index contributed by atoms with van der Waals surface area (Å²) in [5.74, 6) is -0.662. The lowest BCUT2D eigenvalue weighted by Crippen LogP contribution is -2.29. The molecule has 4 aromatic rings. The van der Waals surface area contributed by atoms with Crippen LogP contribution in [0.4, 0.5) is 32.0 Å². The molecule has 39 heavy (non-hydrogen) atoms. The van der Waals surface area contributed by atoms with E-state index >= 15 is 0 Å². The SMILES string of the molecule is O=C(C=CC=C(c1ccc(C(F)(F)F)cc1)c1ccc(C(F)(F)F)cc1)Nc1cccc2[nH]c(=O)c(=O)[nH]c12. The highest BCUT2D eigenvalue weighted by atomic mass is 19.4. The zero-order valence-electron chi connectivity index (χ0n) is 19.6. The summed E-state index contributed by atoms with van der Waals surface area (Å²) in [5, 5.41) is 2.54. The number of aromatic amines is 2. The van der Waals surface area contributed by atoms with Crippen LogP contribution in [0, 0.1) is 0 Å². The number of amides is 1. The second kappa shape index (κ2) is 10.5. The fraction of sp³-hybridized carbons (Fsp3) is 0.0741. The van der Waals surface area contributed by atoms with Crippen molar-refractivity contribution in [2.75, 3.05) is 5.32 Å². The van der Waals surface area contributed by atoms with Crippen LogP contribution in [0.15, 0.2) is 94.5 Å². The Morgan fingerprint density at radius 3 is 1.74 bits per heavy atom. The van der Waals surface area contributed by atoms with Crippen LogP contribution in [0.3, 0.4) is 0 Å². The van der Waals surface area contributed by atoms with Gasteiger partial charge in [-0.25, -0.2) is 0 Å². The molecule has 1 aromatic heterocycles. The van der Waals surface area contributed by atoms with Crippen molar-refractivity contribution in [1.29, 1.82) is 0 Å². The molecule has 1 amide bonds. The third-order valence-electron chi connectivity index (χ3n) is 5.57. The number of anilines is 1. The van der Waals surface area contributed by atoms with Gasteiger partial charge < -0.3 is 15.3 Å². The molecule has 3 N–H and O–H groups in total.